The molecule has 1 heterocycles. The predicted molar refractivity (Wildman–Crippen MR) is 60.3 cm³/mol. The molecule has 88 valence electrons. The van der Waals surface area contributed by atoms with Gasteiger partial charge < -0.3 is 16.2 Å². The van der Waals surface area contributed by atoms with Gasteiger partial charge in [-0.2, -0.15) is 0 Å². The lowest BCUT2D eigenvalue weighted by Gasteiger charge is -2.11. The number of nitrogen functional groups attached to an aromatic ring is 1. The Kier molecular flexibility index (Phi) is 4.50. The van der Waals surface area contributed by atoms with E-state index in [9.17, 15) is 9.59 Å². The van der Waals surface area contributed by atoms with Gasteiger partial charge >= 0.3 is 5.97 Å². The number of aromatic nitrogens is 2. The largest absolute Gasteiger partial charge is 0.480 e. The van der Waals surface area contributed by atoms with Crippen LogP contribution < -0.4 is 11.1 Å². The lowest BCUT2D eigenvalue weighted by atomic mass is 10.3. The van der Waals surface area contributed by atoms with Crippen LogP contribution in [0.1, 0.15) is 6.92 Å². The van der Waals surface area contributed by atoms with E-state index in [2.05, 4.69) is 15.5 Å². The minimum absolute atomic E-state index is 0.184. The number of nitrogens with one attached hydrogen (secondary N) is 1. The molecule has 1 atom stereocenters. The Morgan fingerprint density at radius 1 is 1.62 bits per heavy atom. The molecule has 1 rings (SSSR count). The first-order valence-electron chi connectivity index (χ1n) is 4.20. The summed E-state index contributed by atoms with van der Waals surface area (Å²) in [4.78, 5) is 21.5. The zero-order valence-electron chi connectivity index (χ0n) is 8.34. The number of aliphatic carboxylic acids is 1. The normalized spacial score (nSPS) is 12.1. The number of carbonyl (C=O) groups is 2. The molecule has 9 heteroatoms. The third kappa shape index (κ3) is 4.03. The Morgan fingerprint density at radius 3 is 2.75 bits per heavy atom. The van der Waals surface area contributed by atoms with Gasteiger partial charge in [0.15, 0.2) is 4.34 Å². The summed E-state index contributed by atoms with van der Waals surface area (Å²) >= 11 is 2.36. The quantitative estimate of drug-likeness (QED) is 0.629. The molecule has 1 amide bonds. The standard InChI is InChI=1S/C7H10N4O3S2/c1-3(12)9-4(5(13)14)2-15-7-11-10-6(8)16-7/h4H,2H2,1H3,(H2,8,10)(H,9,12)(H,13,14). The van der Waals surface area contributed by atoms with Crippen molar-refractivity contribution in [2.75, 3.05) is 11.5 Å². The third-order valence-corrected chi connectivity index (χ3v) is 3.45. The van der Waals surface area contributed by atoms with E-state index in [4.69, 9.17) is 10.8 Å². The first-order valence-corrected chi connectivity index (χ1v) is 6.01. The van der Waals surface area contributed by atoms with Crippen LogP contribution in [0.5, 0.6) is 0 Å². The Labute approximate surface area is 99.4 Å². The van der Waals surface area contributed by atoms with Crippen molar-refractivity contribution in [1.82, 2.24) is 15.5 Å². The molecule has 0 aliphatic heterocycles. The van der Waals surface area contributed by atoms with E-state index in [1.165, 1.54) is 30.0 Å². The van der Waals surface area contributed by atoms with E-state index >= 15 is 0 Å². The maximum Gasteiger partial charge on any atom is 0.327 e. The van der Waals surface area contributed by atoms with Crippen molar-refractivity contribution in [2.45, 2.75) is 17.3 Å². The number of carbonyl (C=O) groups excluding carboxylic acids is 1. The molecule has 0 saturated heterocycles. The summed E-state index contributed by atoms with van der Waals surface area (Å²) in [5.74, 6) is -1.28. The van der Waals surface area contributed by atoms with Crippen molar-refractivity contribution in [3.8, 4) is 0 Å². The molecule has 4 N–H and O–H groups in total. The molecule has 1 aromatic heterocycles. The number of thioether (sulfide) groups is 1. The van der Waals surface area contributed by atoms with Crippen molar-refractivity contribution in [3.05, 3.63) is 0 Å². The molecule has 1 aromatic rings. The lowest BCUT2D eigenvalue weighted by molar-refractivity contribution is -0.140. The number of amides is 1. The minimum Gasteiger partial charge on any atom is -0.480 e. The van der Waals surface area contributed by atoms with Gasteiger partial charge in [-0.15, -0.1) is 10.2 Å². The van der Waals surface area contributed by atoms with Crippen molar-refractivity contribution in [2.24, 2.45) is 0 Å². The topological polar surface area (TPSA) is 118 Å². The van der Waals surface area contributed by atoms with Crippen LogP contribution in [0, 0.1) is 0 Å². The van der Waals surface area contributed by atoms with Crippen LogP contribution in [0.3, 0.4) is 0 Å². The van der Waals surface area contributed by atoms with Gasteiger partial charge in [0, 0.05) is 12.7 Å². The monoisotopic (exact) mass is 262 g/mol. The van der Waals surface area contributed by atoms with E-state index in [0.29, 0.717) is 9.47 Å². The van der Waals surface area contributed by atoms with Gasteiger partial charge in [0.1, 0.15) is 6.04 Å². The molecule has 0 aliphatic carbocycles. The number of rotatable bonds is 5. The molecule has 1 unspecified atom stereocenters. The first-order chi connectivity index (χ1) is 7.49. The highest BCUT2D eigenvalue weighted by molar-refractivity contribution is 8.01. The number of hydrogen-bond donors (Lipinski definition) is 3. The van der Waals surface area contributed by atoms with Gasteiger partial charge in [0.05, 0.1) is 0 Å². The van der Waals surface area contributed by atoms with Crippen LogP contribution in [0.15, 0.2) is 4.34 Å². The number of nitrogens with zero attached hydrogens (tertiary/aromatic N) is 2. The van der Waals surface area contributed by atoms with Crippen LogP contribution in [-0.2, 0) is 9.59 Å². The van der Waals surface area contributed by atoms with Crippen LogP contribution >= 0.6 is 23.1 Å². The SMILES string of the molecule is CC(=O)NC(CSc1nnc(N)s1)C(=O)O. The summed E-state index contributed by atoms with van der Waals surface area (Å²) < 4.78 is 0.578. The smallest absolute Gasteiger partial charge is 0.327 e. The van der Waals surface area contributed by atoms with Crippen LogP contribution in [-0.4, -0.2) is 39.0 Å². The summed E-state index contributed by atoms with van der Waals surface area (Å²) in [7, 11) is 0. The Hall–Kier alpha value is -1.35. The van der Waals surface area contributed by atoms with Gasteiger partial charge in [-0.3, -0.25) is 4.79 Å². The van der Waals surface area contributed by atoms with Gasteiger partial charge in [-0.05, 0) is 0 Å². The molecule has 0 fully saturated rings. The van der Waals surface area contributed by atoms with Crippen LogP contribution in [0.25, 0.3) is 0 Å². The van der Waals surface area contributed by atoms with Crippen molar-refractivity contribution >= 4 is 40.1 Å². The minimum atomic E-state index is -1.08. The number of carboxylic acids is 1. The second kappa shape index (κ2) is 5.66. The average Bonchev–Trinajstić information content (AvgIpc) is 2.58. The molecular weight excluding hydrogens is 252 g/mol. The molecule has 0 aromatic carbocycles. The van der Waals surface area contributed by atoms with Gasteiger partial charge in [0.25, 0.3) is 0 Å². The van der Waals surface area contributed by atoms with Crippen molar-refractivity contribution in [3.63, 3.8) is 0 Å². The first kappa shape index (κ1) is 12.7. The molecule has 0 saturated carbocycles. The number of nitrogens with two attached hydrogens (primary N) is 1. The summed E-state index contributed by atoms with van der Waals surface area (Å²) in [5, 5.41) is 18.8. The van der Waals surface area contributed by atoms with Crippen LogP contribution in [0.4, 0.5) is 5.13 Å². The lowest BCUT2D eigenvalue weighted by Crippen LogP contribution is -2.41. The average molecular weight is 262 g/mol. The fraction of sp³-hybridized carbons (Fsp3) is 0.429. The fourth-order valence-corrected chi connectivity index (χ4v) is 2.53. The number of anilines is 1. The Morgan fingerprint density at radius 2 is 2.31 bits per heavy atom. The van der Waals surface area contributed by atoms with E-state index in [1.54, 1.807) is 0 Å². The zero-order chi connectivity index (χ0) is 12.1. The molecule has 7 nitrogen and oxygen atoms in total. The second-order valence-corrected chi connectivity index (χ2v) is 5.08. The second-order valence-electron chi connectivity index (χ2n) is 2.81. The summed E-state index contributed by atoms with van der Waals surface area (Å²) in [5.41, 5.74) is 5.37. The highest BCUT2D eigenvalue weighted by Gasteiger charge is 2.19. The number of hydrogen-bond acceptors (Lipinski definition) is 7. The third-order valence-electron chi connectivity index (χ3n) is 1.47. The van der Waals surface area contributed by atoms with E-state index in [0.717, 1.165) is 0 Å². The maximum absolute atomic E-state index is 10.8. The highest BCUT2D eigenvalue weighted by Crippen LogP contribution is 2.23. The molecule has 0 spiro atoms. The van der Waals surface area contributed by atoms with Gasteiger partial charge in [-0.1, -0.05) is 23.1 Å². The van der Waals surface area contributed by atoms with Crippen molar-refractivity contribution in [1.29, 1.82) is 0 Å². The predicted octanol–water partition coefficient (Wildman–Crippen LogP) is -0.198. The van der Waals surface area contributed by atoms with Gasteiger partial charge in [-0.25, -0.2) is 4.79 Å². The van der Waals surface area contributed by atoms with E-state index in [1.807, 2.05) is 0 Å². The highest BCUT2D eigenvalue weighted by atomic mass is 32.2. The summed E-state index contributed by atoms with van der Waals surface area (Å²) in [6.07, 6.45) is 0. The number of carboxylic acid groups (broad SMARTS) is 1. The Bertz CT molecular complexity index is 395. The maximum atomic E-state index is 10.8. The molecular formula is C7H10N4O3S2. The molecule has 16 heavy (non-hydrogen) atoms. The molecule has 0 radical (unpaired) electrons. The molecule has 0 bridgehead atoms. The molecule has 0 aliphatic rings. The van der Waals surface area contributed by atoms with Gasteiger partial charge in [0.2, 0.25) is 11.0 Å². The Balaban J connectivity index is 2.50. The summed E-state index contributed by atoms with van der Waals surface area (Å²) in [6.45, 7) is 1.27. The van der Waals surface area contributed by atoms with E-state index in [-0.39, 0.29) is 11.7 Å². The van der Waals surface area contributed by atoms with Crippen molar-refractivity contribution < 1.29 is 14.7 Å². The summed E-state index contributed by atoms with van der Waals surface area (Å²) in [6, 6.07) is -0.937. The van der Waals surface area contributed by atoms with Crippen LogP contribution in [0.2, 0.25) is 0 Å². The zero-order valence-corrected chi connectivity index (χ0v) is 9.97. The fourth-order valence-electron chi connectivity index (χ4n) is 0.853. The van der Waals surface area contributed by atoms with E-state index < -0.39 is 12.0 Å².